The highest BCUT2D eigenvalue weighted by atomic mass is 35.5. The molecule has 0 aliphatic heterocycles. The van der Waals surface area contributed by atoms with Crippen LogP contribution >= 0.6 is 11.6 Å². The van der Waals surface area contributed by atoms with Gasteiger partial charge < -0.3 is 0 Å². The summed E-state index contributed by atoms with van der Waals surface area (Å²) in [6.07, 6.45) is 0. The predicted octanol–water partition coefficient (Wildman–Crippen LogP) is 3.44. The molecule has 0 N–H and O–H groups in total. The molecule has 0 aliphatic carbocycles. The van der Waals surface area contributed by atoms with Crippen LogP contribution in [-0.4, -0.2) is 19.8 Å². The zero-order valence-electron chi connectivity index (χ0n) is 11.5. The van der Waals surface area contributed by atoms with Gasteiger partial charge >= 0.3 is 0 Å². The van der Waals surface area contributed by atoms with Gasteiger partial charge in [0.25, 0.3) is 0 Å². The van der Waals surface area contributed by atoms with Crippen LogP contribution in [0.5, 0.6) is 0 Å². The standard InChI is InChI=1S/C15H15ClFNO2S/c1-18(10-13-3-2-4-14(16)9-13)21(19,20)11-12-5-7-15(17)8-6-12/h2-9H,10-11H2,1H3. The van der Waals surface area contributed by atoms with Crippen LogP contribution in [0.4, 0.5) is 4.39 Å². The van der Waals surface area contributed by atoms with Crippen LogP contribution in [0.25, 0.3) is 0 Å². The van der Waals surface area contributed by atoms with Gasteiger partial charge in [0, 0.05) is 18.6 Å². The highest BCUT2D eigenvalue weighted by Gasteiger charge is 2.18. The Kier molecular flexibility index (Phi) is 4.98. The van der Waals surface area contributed by atoms with Gasteiger partial charge in [-0.15, -0.1) is 0 Å². The van der Waals surface area contributed by atoms with E-state index in [4.69, 9.17) is 11.6 Å². The van der Waals surface area contributed by atoms with Gasteiger partial charge in [-0.25, -0.2) is 17.1 Å². The first-order chi connectivity index (χ1) is 9.87. The Morgan fingerprint density at radius 1 is 1.10 bits per heavy atom. The Balaban J connectivity index is 2.09. The Labute approximate surface area is 129 Å². The molecular formula is C15H15ClFNO2S. The van der Waals surface area contributed by atoms with Crippen molar-refractivity contribution in [3.05, 3.63) is 70.5 Å². The second-order valence-corrected chi connectivity index (χ2v) is 7.28. The number of sulfonamides is 1. The molecule has 21 heavy (non-hydrogen) atoms. The van der Waals surface area contributed by atoms with E-state index in [1.54, 1.807) is 18.2 Å². The summed E-state index contributed by atoms with van der Waals surface area (Å²) in [5, 5.41) is 0.567. The lowest BCUT2D eigenvalue weighted by Crippen LogP contribution is -2.27. The molecule has 0 fully saturated rings. The third-order valence-corrected chi connectivity index (χ3v) is 5.04. The molecule has 2 rings (SSSR count). The number of hydrogen-bond acceptors (Lipinski definition) is 2. The molecule has 3 nitrogen and oxygen atoms in total. The van der Waals surface area contributed by atoms with Gasteiger partial charge in [-0.05, 0) is 35.4 Å². The molecule has 0 atom stereocenters. The number of hydrogen-bond donors (Lipinski definition) is 0. The first-order valence-corrected chi connectivity index (χ1v) is 8.28. The van der Waals surface area contributed by atoms with Crippen molar-refractivity contribution in [2.45, 2.75) is 12.3 Å². The quantitative estimate of drug-likeness (QED) is 0.843. The molecule has 0 spiro atoms. The van der Waals surface area contributed by atoms with Crippen molar-refractivity contribution >= 4 is 21.6 Å². The molecule has 0 radical (unpaired) electrons. The lowest BCUT2D eigenvalue weighted by atomic mass is 10.2. The molecule has 0 saturated heterocycles. The van der Waals surface area contributed by atoms with Gasteiger partial charge in [-0.1, -0.05) is 35.9 Å². The van der Waals surface area contributed by atoms with Crippen LogP contribution in [0.1, 0.15) is 11.1 Å². The summed E-state index contributed by atoms with van der Waals surface area (Å²) in [6, 6.07) is 12.5. The number of halogens is 2. The van der Waals surface area contributed by atoms with Gasteiger partial charge in [0.15, 0.2) is 0 Å². The van der Waals surface area contributed by atoms with E-state index in [0.717, 1.165) is 5.56 Å². The van der Waals surface area contributed by atoms with Crippen molar-refractivity contribution in [3.8, 4) is 0 Å². The molecule has 0 aliphatic rings. The van der Waals surface area contributed by atoms with Crippen LogP contribution in [-0.2, 0) is 22.3 Å². The smallest absolute Gasteiger partial charge is 0.212 e. The van der Waals surface area contributed by atoms with Crippen LogP contribution < -0.4 is 0 Å². The molecule has 2 aromatic carbocycles. The molecule has 0 amide bonds. The molecule has 0 bridgehead atoms. The van der Waals surface area contributed by atoms with E-state index in [0.29, 0.717) is 10.6 Å². The van der Waals surface area contributed by atoms with E-state index in [-0.39, 0.29) is 18.1 Å². The largest absolute Gasteiger partial charge is 0.218 e. The van der Waals surface area contributed by atoms with E-state index >= 15 is 0 Å². The molecule has 0 saturated carbocycles. The monoisotopic (exact) mass is 327 g/mol. The van der Waals surface area contributed by atoms with Crippen LogP contribution in [0.15, 0.2) is 48.5 Å². The van der Waals surface area contributed by atoms with Crippen molar-refractivity contribution < 1.29 is 12.8 Å². The average molecular weight is 328 g/mol. The fourth-order valence-electron chi connectivity index (χ4n) is 1.89. The van der Waals surface area contributed by atoms with Crippen LogP contribution in [0.3, 0.4) is 0 Å². The minimum atomic E-state index is -3.47. The van der Waals surface area contributed by atoms with Gasteiger partial charge in [0.1, 0.15) is 5.82 Å². The first-order valence-electron chi connectivity index (χ1n) is 6.30. The van der Waals surface area contributed by atoms with Crippen LogP contribution in [0, 0.1) is 5.82 Å². The Morgan fingerprint density at radius 2 is 1.76 bits per heavy atom. The Hall–Kier alpha value is -1.43. The predicted molar refractivity (Wildman–Crippen MR) is 81.9 cm³/mol. The summed E-state index contributed by atoms with van der Waals surface area (Å²) in [6.45, 7) is 0.240. The summed E-state index contributed by atoms with van der Waals surface area (Å²) in [4.78, 5) is 0. The highest BCUT2D eigenvalue weighted by Crippen LogP contribution is 2.16. The fraction of sp³-hybridized carbons (Fsp3) is 0.200. The maximum Gasteiger partial charge on any atom is 0.218 e. The van der Waals surface area contributed by atoms with Gasteiger partial charge in [-0.3, -0.25) is 0 Å². The Bertz CT molecular complexity index is 717. The normalized spacial score (nSPS) is 11.8. The highest BCUT2D eigenvalue weighted by molar-refractivity contribution is 7.88. The fourth-order valence-corrected chi connectivity index (χ4v) is 3.28. The van der Waals surface area contributed by atoms with Crippen molar-refractivity contribution in [1.29, 1.82) is 0 Å². The minimum absolute atomic E-state index is 0.162. The van der Waals surface area contributed by atoms with E-state index in [2.05, 4.69) is 0 Å². The summed E-state index contributed by atoms with van der Waals surface area (Å²) >= 11 is 5.88. The molecule has 0 unspecified atom stereocenters. The van der Waals surface area contributed by atoms with E-state index in [1.165, 1.54) is 35.6 Å². The van der Waals surface area contributed by atoms with Gasteiger partial charge in [0.2, 0.25) is 10.0 Å². The van der Waals surface area contributed by atoms with E-state index < -0.39 is 10.0 Å². The summed E-state index contributed by atoms with van der Waals surface area (Å²) < 4.78 is 38.6. The number of nitrogens with zero attached hydrogens (tertiary/aromatic N) is 1. The molecule has 0 heterocycles. The summed E-state index contributed by atoms with van der Waals surface area (Å²) in [5.74, 6) is -0.548. The van der Waals surface area contributed by atoms with Gasteiger partial charge in [0.05, 0.1) is 5.75 Å². The van der Waals surface area contributed by atoms with Crippen molar-refractivity contribution in [1.82, 2.24) is 4.31 Å². The second kappa shape index (κ2) is 6.56. The topological polar surface area (TPSA) is 37.4 Å². The minimum Gasteiger partial charge on any atom is -0.212 e. The summed E-state index contributed by atoms with van der Waals surface area (Å²) in [7, 11) is -1.96. The van der Waals surface area contributed by atoms with E-state index in [9.17, 15) is 12.8 Å². The molecule has 112 valence electrons. The van der Waals surface area contributed by atoms with Gasteiger partial charge in [-0.2, -0.15) is 0 Å². The zero-order chi connectivity index (χ0) is 15.5. The lowest BCUT2D eigenvalue weighted by molar-refractivity contribution is 0.466. The van der Waals surface area contributed by atoms with Crippen LogP contribution in [0.2, 0.25) is 5.02 Å². The number of benzene rings is 2. The molecule has 2 aromatic rings. The SMILES string of the molecule is CN(Cc1cccc(Cl)c1)S(=O)(=O)Cc1ccc(F)cc1. The van der Waals surface area contributed by atoms with E-state index in [1.807, 2.05) is 6.07 Å². The van der Waals surface area contributed by atoms with Crippen molar-refractivity contribution in [3.63, 3.8) is 0 Å². The maximum absolute atomic E-state index is 12.8. The lowest BCUT2D eigenvalue weighted by Gasteiger charge is -2.17. The maximum atomic E-state index is 12.8. The molecule has 6 heteroatoms. The molecular weight excluding hydrogens is 313 g/mol. The Morgan fingerprint density at radius 3 is 2.38 bits per heavy atom. The third-order valence-electron chi connectivity index (χ3n) is 3.03. The molecule has 0 aromatic heterocycles. The zero-order valence-corrected chi connectivity index (χ0v) is 13.0. The van der Waals surface area contributed by atoms with Crippen molar-refractivity contribution in [2.75, 3.05) is 7.05 Å². The number of rotatable bonds is 5. The third kappa shape index (κ3) is 4.52. The second-order valence-electron chi connectivity index (χ2n) is 4.77. The summed E-state index contributed by atoms with van der Waals surface area (Å²) in [5.41, 5.74) is 1.36. The first kappa shape index (κ1) is 15.9. The van der Waals surface area contributed by atoms with Crippen molar-refractivity contribution in [2.24, 2.45) is 0 Å². The average Bonchev–Trinajstić information content (AvgIpc) is 2.41.